The third-order valence-electron chi connectivity index (χ3n) is 3.96. The molecule has 0 unspecified atom stereocenters. The van der Waals surface area contributed by atoms with E-state index in [4.69, 9.17) is 23.2 Å². The van der Waals surface area contributed by atoms with Gasteiger partial charge in [-0.15, -0.1) is 0 Å². The number of amides is 1. The first-order valence-corrected chi connectivity index (χ1v) is 9.74. The Kier molecular flexibility index (Phi) is 5.29. The number of aromatic nitrogens is 1. The average molecular weight is 400 g/mol. The molecule has 0 bridgehead atoms. The van der Waals surface area contributed by atoms with E-state index in [1.165, 1.54) is 22.5 Å². The second kappa shape index (κ2) is 7.29. The summed E-state index contributed by atoms with van der Waals surface area (Å²) in [5.74, 6) is -0.139. The standard InChI is InChI=1S/C16H15Cl2N3O3S/c17-13-1-2-14(18)15(11-13)25(23,24)21-9-7-20(8-10-21)16(22)12-3-5-19-6-4-12/h1-6,11H,7-10H2. The van der Waals surface area contributed by atoms with Crippen molar-refractivity contribution in [1.29, 1.82) is 0 Å². The van der Waals surface area contributed by atoms with Gasteiger partial charge < -0.3 is 4.90 Å². The van der Waals surface area contributed by atoms with Gasteiger partial charge in [0.15, 0.2) is 0 Å². The maximum absolute atomic E-state index is 12.8. The number of carbonyl (C=O) groups is 1. The molecule has 1 aliphatic heterocycles. The van der Waals surface area contributed by atoms with Gasteiger partial charge in [-0.05, 0) is 30.3 Å². The van der Waals surface area contributed by atoms with Crippen molar-refractivity contribution in [2.45, 2.75) is 4.90 Å². The van der Waals surface area contributed by atoms with E-state index in [1.807, 2.05) is 0 Å². The lowest BCUT2D eigenvalue weighted by molar-refractivity contribution is 0.0698. The molecule has 0 atom stereocenters. The number of halogens is 2. The number of pyridine rings is 1. The van der Waals surface area contributed by atoms with Crippen molar-refractivity contribution in [2.75, 3.05) is 26.2 Å². The first-order valence-electron chi connectivity index (χ1n) is 7.54. The SMILES string of the molecule is O=C(c1ccncc1)N1CCN(S(=O)(=O)c2cc(Cl)ccc2Cl)CC1. The molecule has 0 aliphatic carbocycles. The molecule has 0 spiro atoms. The van der Waals surface area contributed by atoms with Crippen LogP contribution in [0.2, 0.25) is 10.0 Å². The molecular formula is C16H15Cl2N3O3S. The smallest absolute Gasteiger partial charge is 0.254 e. The predicted octanol–water partition coefficient (Wildman–Crippen LogP) is 2.54. The van der Waals surface area contributed by atoms with Gasteiger partial charge in [0, 0.05) is 49.2 Å². The predicted molar refractivity (Wildman–Crippen MR) is 95.4 cm³/mol. The van der Waals surface area contributed by atoms with Crippen molar-refractivity contribution in [3.8, 4) is 0 Å². The molecule has 1 aromatic carbocycles. The highest BCUT2D eigenvalue weighted by Crippen LogP contribution is 2.28. The number of hydrogen-bond donors (Lipinski definition) is 0. The van der Waals surface area contributed by atoms with Gasteiger partial charge in [-0.1, -0.05) is 23.2 Å². The molecule has 3 rings (SSSR count). The summed E-state index contributed by atoms with van der Waals surface area (Å²) in [7, 11) is -3.76. The van der Waals surface area contributed by atoms with Gasteiger partial charge in [-0.25, -0.2) is 8.42 Å². The Morgan fingerprint density at radius 2 is 1.64 bits per heavy atom. The Labute approximate surface area is 156 Å². The highest BCUT2D eigenvalue weighted by atomic mass is 35.5. The van der Waals surface area contributed by atoms with Crippen molar-refractivity contribution in [2.24, 2.45) is 0 Å². The molecule has 2 aromatic rings. The summed E-state index contributed by atoms with van der Waals surface area (Å²) in [6.07, 6.45) is 3.10. The molecule has 0 radical (unpaired) electrons. The molecule has 1 amide bonds. The van der Waals surface area contributed by atoms with E-state index in [9.17, 15) is 13.2 Å². The fraction of sp³-hybridized carbons (Fsp3) is 0.250. The molecule has 1 aromatic heterocycles. The van der Waals surface area contributed by atoms with Gasteiger partial charge in [0.2, 0.25) is 10.0 Å². The molecule has 1 fully saturated rings. The van der Waals surface area contributed by atoms with Crippen LogP contribution >= 0.6 is 23.2 Å². The van der Waals surface area contributed by atoms with Gasteiger partial charge in [0.1, 0.15) is 4.90 Å². The molecule has 132 valence electrons. The first kappa shape index (κ1) is 18.1. The van der Waals surface area contributed by atoms with Crippen molar-refractivity contribution < 1.29 is 13.2 Å². The van der Waals surface area contributed by atoms with E-state index in [-0.39, 0.29) is 28.9 Å². The van der Waals surface area contributed by atoms with Crippen molar-refractivity contribution in [1.82, 2.24) is 14.2 Å². The van der Waals surface area contributed by atoms with Crippen LogP contribution in [0.3, 0.4) is 0 Å². The molecule has 25 heavy (non-hydrogen) atoms. The lowest BCUT2D eigenvalue weighted by atomic mass is 10.2. The summed E-state index contributed by atoms with van der Waals surface area (Å²) in [6.45, 7) is 1.00. The van der Waals surface area contributed by atoms with Gasteiger partial charge in [-0.2, -0.15) is 4.31 Å². The van der Waals surface area contributed by atoms with Crippen LogP contribution in [0.25, 0.3) is 0 Å². The maximum Gasteiger partial charge on any atom is 0.254 e. The number of hydrogen-bond acceptors (Lipinski definition) is 4. The van der Waals surface area contributed by atoms with E-state index in [1.54, 1.807) is 29.4 Å². The van der Waals surface area contributed by atoms with Crippen LogP contribution in [0, 0.1) is 0 Å². The quantitative estimate of drug-likeness (QED) is 0.794. The zero-order chi connectivity index (χ0) is 18.0. The van der Waals surface area contributed by atoms with Crippen LogP contribution in [-0.4, -0.2) is 54.7 Å². The molecule has 0 N–H and O–H groups in total. The van der Waals surface area contributed by atoms with Gasteiger partial charge in [0.25, 0.3) is 5.91 Å². The lowest BCUT2D eigenvalue weighted by Gasteiger charge is -2.34. The summed E-state index contributed by atoms with van der Waals surface area (Å²) < 4.78 is 26.9. The molecule has 6 nitrogen and oxygen atoms in total. The second-order valence-corrected chi connectivity index (χ2v) is 8.26. The molecule has 9 heteroatoms. The van der Waals surface area contributed by atoms with E-state index < -0.39 is 10.0 Å². The lowest BCUT2D eigenvalue weighted by Crippen LogP contribution is -2.50. The molecule has 1 saturated heterocycles. The second-order valence-electron chi connectivity index (χ2n) is 5.51. The minimum absolute atomic E-state index is 0.0180. The van der Waals surface area contributed by atoms with Crippen LogP contribution in [-0.2, 0) is 10.0 Å². The van der Waals surface area contributed by atoms with E-state index >= 15 is 0 Å². The summed E-state index contributed by atoms with van der Waals surface area (Å²) >= 11 is 11.9. The summed E-state index contributed by atoms with van der Waals surface area (Å²) in [4.78, 5) is 17.9. The Morgan fingerprint density at radius 3 is 2.28 bits per heavy atom. The van der Waals surface area contributed by atoms with Crippen LogP contribution in [0.15, 0.2) is 47.6 Å². The minimum atomic E-state index is -3.76. The van der Waals surface area contributed by atoms with Crippen LogP contribution in [0.4, 0.5) is 0 Å². The summed E-state index contributed by atoms with van der Waals surface area (Å²) in [6, 6.07) is 7.61. The van der Waals surface area contributed by atoms with E-state index in [2.05, 4.69) is 4.98 Å². The normalized spacial score (nSPS) is 16.0. The van der Waals surface area contributed by atoms with Gasteiger partial charge in [-0.3, -0.25) is 9.78 Å². The maximum atomic E-state index is 12.8. The monoisotopic (exact) mass is 399 g/mol. The zero-order valence-corrected chi connectivity index (χ0v) is 15.4. The number of rotatable bonds is 3. The van der Waals surface area contributed by atoms with Crippen molar-refractivity contribution in [3.05, 3.63) is 58.3 Å². The summed E-state index contributed by atoms with van der Waals surface area (Å²) in [5, 5.41) is 0.425. The Bertz CT molecular complexity index is 883. The third kappa shape index (κ3) is 3.79. The van der Waals surface area contributed by atoms with E-state index in [0.717, 1.165) is 0 Å². The zero-order valence-electron chi connectivity index (χ0n) is 13.1. The number of benzene rings is 1. The largest absolute Gasteiger partial charge is 0.336 e. The van der Waals surface area contributed by atoms with Gasteiger partial charge >= 0.3 is 0 Å². The summed E-state index contributed by atoms with van der Waals surface area (Å²) in [5.41, 5.74) is 0.532. The number of sulfonamides is 1. The van der Waals surface area contributed by atoms with Gasteiger partial charge in [0.05, 0.1) is 5.02 Å². The van der Waals surface area contributed by atoms with Crippen molar-refractivity contribution >= 4 is 39.1 Å². The van der Waals surface area contributed by atoms with Crippen LogP contribution < -0.4 is 0 Å². The molecular weight excluding hydrogens is 385 g/mol. The fourth-order valence-electron chi connectivity index (χ4n) is 2.62. The topological polar surface area (TPSA) is 70.6 Å². The Morgan fingerprint density at radius 1 is 1.00 bits per heavy atom. The van der Waals surface area contributed by atoms with Crippen LogP contribution in [0.5, 0.6) is 0 Å². The van der Waals surface area contributed by atoms with E-state index in [0.29, 0.717) is 23.7 Å². The number of piperazine rings is 1. The Balaban J connectivity index is 1.73. The average Bonchev–Trinajstić information content (AvgIpc) is 2.64. The number of nitrogens with zero attached hydrogens (tertiary/aromatic N) is 3. The Hall–Kier alpha value is -1.67. The highest BCUT2D eigenvalue weighted by Gasteiger charge is 2.31. The molecule has 1 aliphatic rings. The first-order chi connectivity index (χ1) is 11.9. The molecule has 2 heterocycles. The number of carbonyl (C=O) groups excluding carboxylic acids is 1. The molecule has 0 saturated carbocycles. The fourth-order valence-corrected chi connectivity index (χ4v) is 4.78. The van der Waals surface area contributed by atoms with Crippen LogP contribution in [0.1, 0.15) is 10.4 Å². The third-order valence-corrected chi connectivity index (χ3v) is 6.58. The highest BCUT2D eigenvalue weighted by molar-refractivity contribution is 7.89. The van der Waals surface area contributed by atoms with Crippen molar-refractivity contribution in [3.63, 3.8) is 0 Å². The minimum Gasteiger partial charge on any atom is -0.336 e.